The number of rotatable bonds is 32. The van der Waals surface area contributed by atoms with E-state index in [0.717, 1.165) is 52.4 Å². The molecule has 20 nitrogen and oxygen atoms in total. The Bertz CT molecular complexity index is 4070. The number of aryl methyl sites for hydroxylation is 1. The summed E-state index contributed by atoms with van der Waals surface area (Å²) in [5.74, 6) is -0.551. The van der Waals surface area contributed by atoms with Crippen LogP contribution in [0.1, 0.15) is 290 Å². The van der Waals surface area contributed by atoms with E-state index < -0.39 is 71.6 Å². The van der Waals surface area contributed by atoms with Crippen molar-refractivity contribution in [3.05, 3.63) is 89.5 Å². The number of hydrogen-bond acceptors (Lipinski definition) is 26. The minimum Gasteiger partial charge on any atom is -0.727 e. The van der Waals surface area contributed by atoms with Gasteiger partial charge in [-0.3, -0.25) is 23.2 Å². The molecule has 0 aliphatic carbocycles. The first-order chi connectivity index (χ1) is 54.7. The average Bonchev–Trinajstić information content (AvgIpc) is 0.728. The molecule has 0 aromatic heterocycles. The molecule has 6 N–H and O–H groups in total. The third-order valence-corrected chi connectivity index (χ3v) is 58.7. The maximum Gasteiger partial charge on any atom is 0.326 e. The molecule has 3 aromatic rings. The average molecular weight is 2060 g/mol. The molecule has 3 atom stereocenters. The molecule has 2 saturated heterocycles. The molecule has 1 amide bonds. The lowest BCUT2D eigenvalue weighted by atomic mass is 9.87. The lowest BCUT2D eigenvalue weighted by Crippen LogP contribution is -2.41. The first-order valence-corrected chi connectivity index (χ1v) is 63.5. The molecular formula is C87H162N4O16P3S14-. The second-order valence-electron chi connectivity index (χ2n) is 35.5. The molecule has 0 bridgehead atoms. The molecule has 2 aliphatic heterocycles. The van der Waals surface area contributed by atoms with E-state index in [1.54, 1.807) is 34.6 Å². The van der Waals surface area contributed by atoms with Gasteiger partial charge in [0, 0.05) is 76.5 Å². The highest BCUT2D eigenvalue weighted by molar-refractivity contribution is 9.48. The predicted molar refractivity (Wildman–Crippen MR) is 574 cm³/mol. The molecule has 3 aromatic carbocycles. The lowest BCUT2D eigenvalue weighted by Gasteiger charge is -2.43. The first kappa shape index (κ1) is 136. The van der Waals surface area contributed by atoms with Crippen LogP contribution in [0, 0.1) is 23.7 Å². The van der Waals surface area contributed by atoms with Gasteiger partial charge in [-0.05, 0) is 202 Å². The first-order valence-electron chi connectivity index (χ1n) is 40.5. The van der Waals surface area contributed by atoms with Gasteiger partial charge in [0.25, 0.3) is 10.1 Å². The molecule has 37 heteroatoms. The molecule has 726 valence electrons. The van der Waals surface area contributed by atoms with Gasteiger partial charge in [0.2, 0.25) is 5.91 Å². The highest BCUT2D eigenvalue weighted by Crippen LogP contribution is 3.04. The Morgan fingerprint density at radius 3 is 1.39 bits per heavy atom. The number of ether oxygens (including phenoxy) is 3. The van der Waals surface area contributed by atoms with E-state index in [9.17, 15) is 44.4 Å². The Morgan fingerprint density at radius 1 is 0.645 bits per heavy atom. The van der Waals surface area contributed by atoms with Gasteiger partial charge in [-0.2, -0.15) is 8.42 Å². The number of nitrogens with two attached hydrogens (primary N) is 1. The van der Waals surface area contributed by atoms with Crippen LogP contribution >= 0.6 is 94.5 Å². The van der Waals surface area contributed by atoms with Crippen molar-refractivity contribution in [2.24, 2.45) is 22.5 Å². The Hall–Kier alpha value is -1.04. The summed E-state index contributed by atoms with van der Waals surface area (Å²) in [5, 5.41) is 24.7. The number of thiocarbonyl (C=S) groups is 3. The van der Waals surface area contributed by atoms with Gasteiger partial charge in [-0.25, -0.2) is 21.6 Å². The SMILES string of the molecule is C.C.C.CC(=S)COC(=O)C(C)(C)C.CC(=S)COC(C)C.CC(C)(C)CCSS(C)(=O)=O.CC(C)(C)OCCCSS(C)(=O)=O.CC(C)(C)c1ccc(P(=S)([S-])N2CCCCC2)cc1.CC(C)NC(CCC(N)=S)C(=O)O.CCC(NC(=O)CC(C)C)C(=O)O.CCCS(=O)(=O)OC(C)C.Cc1ccc(P2(=S)SP(=S)(c3ccc(C(C)(C)C)cc3)S2)cc1. The van der Waals surface area contributed by atoms with Crippen LogP contribution in [-0.4, -0.2) is 177 Å². The van der Waals surface area contributed by atoms with Gasteiger partial charge < -0.3 is 53.0 Å². The van der Waals surface area contributed by atoms with E-state index in [2.05, 4.69) is 174 Å². The molecular weight excluding hydrogens is 1900 g/mol. The molecule has 124 heavy (non-hydrogen) atoms. The number of amides is 1. The Labute approximate surface area is 806 Å². The normalized spacial score (nSPS) is 16.2. The van der Waals surface area contributed by atoms with Gasteiger partial charge in [-0.15, -0.1) is 11.8 Å². The summed E-state index contributed by atoms with van der Waals surface area (Å²) in [6.07, 6.45) is 10.4. The zero-order valence-corrected chi connectivity index (χ0v) is 91.9. The van der Waals surface area contributed by atoms with Crippen LogP contribution < -0.4 is 32.3 Å². The lowest BCUT2D eigenvalue weighted by molar-refractivity contribution is -0.151. The van der Waals surface area contributed by atoms with Crippen LogP contribution in [0.5, 0.6) is 0 Å². The number of nitrogens with zero attached hydrogens (tertiary/aromatic N) is 1. The number of nitrogens with one attached hydrogen (secondary N) is 2. The molecule has 5 rings (SSSR count). The quantitative estimate of drug-likeness (QED) is 0.00738. The van der Waals surface area contributed by atoms with Gasteiger partial charge >= 0.3 is 17.9 Å². The fraction of sp³-hybridized carbons (Fsp3) is 0.713. The molecule has 2 fully saturated rings. The monoisotopic (exact) mass is 2060 g/mol. The Morgan fingerprint density at radius 2 is 1.06 bits per heavy atom. The summed E-state index contributed by atoms with van der Waals surface area (Å²) >= 11 is 41.7. The number of aliphatic carboxylic acids is 2. The number of carbonyl (C=O) groups excluding carboxylic acids is 2. The number of carbonyl (C=O) groups is 4. The van der Waals surface area contributed by atoms with Crippen LogP contribution in [0.15, 0.2) is 72.8 Å². The number of esters is 1. The van der Waals surface area contributed by atoms with E-state index in [1.807, 2.05) is 112 Å². The van der Waals surface area contributed by atoms with Crippen molar-refractivity contribution in [3.8, 4) is 0 Å². The van der Waals surface area contributed by atoms with E-state index in [1.165, 1.54) is 64.4 Å². The summed E-state index contributed by atoms with van der Waals surface area (Å²) in [4.78, 5) is 45.4. The van der Waals surface area contributed by atoms with Gasteiger partial charge in [0.15, 0.2) is 17.7 Å². The van der Waals surface area contributed by atoms with Crippen molar-refractivity contribution in [1.82, 2.24) is 15.3 Å². The van der Waals surface area contributed by atoms with Gasteiger partial charge in [0.1, 0.15) is 18.7 Å². The summed E-state index contributed by atoms with van der Waals surface area (Å²) < 4.78 is 83.8. The summed E-state index contributed by atoms with van der Waals surface area (Å²) in [6.45, 7) is 59.1. The fourth-order valence-corrected chi connectivity index (χ4v) is 60.2. The van der Waals surface area contributed by atoms with Crippen LogP contribution in [0.4, 0.5) is 0 Å². The van der Waals surface area contributed by atoms with E-state index in [-0.39, 0.29) is 86.4 Å². The number of carboxylic acids is 2. The largest absolute Gasteiger partial charge is 0.727 e. The van der Waals surface area contributed by atoms with Gasteiger partial charge in [0.05, 0.1) is 49.5 Å². The molecule has 2 heterocycles. The molecule has 2 aliphatic rings. The minimum absolute atomic E-state index is 0. The Balaban J connectivity index is -0.000000252. The highest BCUT2D eigenvalue weighted by atomic mass is 33.7. The second-order valence-corrected chi connectivity index (χ2v) is 75.5. The summed E-state index contributed by atoms with van der Waals surface area (Å²) in [6, 6.07) is 25.2. The van der Waals surface area contributed by atoms with Crippen molar-refractivity contribution in [2.45, 2.75) is 327 Å². The number of benzene rings is 3. The number of hydrogen-bond donors (Lipinski definition) is 5. The molecule has 0 saturated carbocycles. The molecule has 3 unspecified atom stereocenters. The minimum atomic E-state index is -3.23. The number of piperidine rings is 1. The maximum atomic E-state index is 11.2. The van der Waals surface area contributed by atoms with Crippen LogP contribution in [0.2, 0.25) is 0 Å². The van der Waals surface area contributed by atoms with Gasteiger partial charge in [-0.1, -0.05) is 299 Å². The Kier molecular flexibility index (Phi) is 71.9. The summed E-state index contributed by atoms with van der Waals surface area (Å²) in [5.41, 5.74) is 9.32. The standard InChI is InChI=1S/C17H20P2S4.C15H24NPS2.C9H17NO3.C8H16N2O2S.C8H18O3S2.C8H14O2S.C7H16O2S2.C6H14O3S.C6H12OS.3CH4/c1-13-5-9-15(10-6-13)18(20)22-19(21,23-18)16-11-7-14(8-12-16)17(2,3)4;1-15(2,3)13-7-9-14(10-8-13)17(18,19)16-11-5-4-6-12-16;1-4-7(9(12)13)10-8(11)5-6(2)3;1-5(2)10-6(8(11)12)3-4-7(9)13;1-8(2,3)11-6-5-7-12-13(4,9)10;1-6(11)5-10-7(9)8(2,3)4;1-7(2,3)5-6-10-11(4,8)9;1-4-5-10(7,8)9-6(2)3;1-5(2)7-4-6(3)8;;;/h5-12H,1-4H3;7-10H,4-6,11-12H2,1-3H3,(H,18,19);6-7H,4-5H2,1-3H3,(H,10,11)(H,12,13);5-6,10H,3-4H2,1-2H3,(H2,9,13)(H,11,12);5-7H2,1-4H3;5H2,1-4H3;5-6H2,1-4H3;6H,4-5H2,1-3H3;5H,4H2,1-3H3;3*1H4/p-1. The second kappa shape index (κ2) is 65.6. The van der Waals surface area contributed by atoms with E-state index in [4.69, 9.17) is 102 Å². The van der Waals surface area contributed by atoms with Crippen LogP contribution in [0.25, 0.3) is 0 Å². The zero-order chi connectivity index (χ0) is 95.3. The smallest absolute Gasteiger partial charge is 0.326 e. The maximum absolute atomic E-state index is 11.2. The third kappa shape index (κ3) is 72.5. The molecule has 0 spiro atoms. The molecule has 0 radical (unpaired) electrons. The van der Waals surface area contributed by atoms with Crippen molar-refractivity contribution < 1.29 is 73.0 Å². The zero-order valence-electron chi connectivity index (χ0n) is 77.8. The van der Waals surface area contributed by atoms with Crippen LogP contribution in [0.3, 0.4) is 0 Å². The predicted octanol–water partition coefficient (Wildman–Crippen LogP) is 22.6. The van der Waals surface area contributed by atoms with Crippen molar-refractivity contribution in [2.75, 3.05) is 62.7 Å². The highest BCUT2D eigenvalue weighted by Gasteiger charge is 2.46. The van der Waals surface area contributed by atoms with Crippen LogP contribution in [-0.2, 0) is 124 Å². The van der Waals surface area contributed by atoms with Crippen molar-refractivity contribution in [1.29, 1.82) is 0 Å². The van der Waals surface area contributed by atoms with E-state index >= 15 is 0 Å². The third-order valence-electron chi connectivity index (χ3n) is 15.4. The van der Waals surface area contributed by atoms with Crippen molar-refractivity contribution in [3.63, 3.8) is 0 Å². The van der Waals surface area contributed by atoms with Crippen molar-refractivity contribution >= 4 is 224 Å². The fourth-order valence-electron chi connectivity index (χ4n) is 9.14. The summed E-state index contributed by atoms with van der Waals surface area (Å²) in [7, 11) is -6.93. The topological polar surface area (TPSA) is 301 Å². The number of carboxylic acid groups (broad SMARTS) is 2. The van der Waals surface area contributed by atoms with E-state index in [0.29, 0.717) is 72.8 Å².